The smallest absolute Gasteiger partial charge is 0.150 e. The number of aromatic nitrogens is 4. The third-order valence-electron chi connectivity index (χ3n) is 4.13. The summed E-state index contributed by atoms with van der Waals surface area (Å²) >= 11 is 0. The second-order valence-electron chi connectivity index (χ2n) is 5.69. The molecule has 4 rings (SSSR count). The molecule has 0 saturated carbocycles. The zero-order valence-electron chi connectivity index (χ0n) is 12.7. The molecule has 1 N–H and O–H groups in total. The molecule has 1 unspecified atom stereocenters. The molecule has 1 fully saturated rings. The number of hydrogen-bond acceptors (Lipinski definition) is 5. The number of nitrogens with zero attached hydrogens (tertiary/aromatic N) is 4. The van der Waals surface area contributed by atoms with Gasteiger partial charge in [-0.3, -0.25) is 4.98 Å². The number of rotatable bonds is 3. The maximum atomic E-state index is 9.28. The van der Waals surface area contributed by atoms with Gasteiger partial charge >= 0.3 is 0 Å². The van der Waals surface area contributed by atoms with Gasteiger partial charge in [0.05, 0.1) is 30.2 Å². The zero-order valence-corrected chi connectivity index (χ0v) is 12.7. The Morgan fingerprint density at radius 2 is 2.13 bits per heavy atom. The molecule has 23 heavy (non-hydrogen) atoms. The Kier molecular flexibility index (Phi) is 3.77. The molecular weight excluding hydrogens is 292 g/mol. The summed E-state index contributed by atoms with van der Waals surface area (Å²) in [5, 5.41) is 15.1. The molecule has 3 heterocycles. The number of fused-ring (bicyclic) bond motifs is 1. The minimum atomic E-state index is -0.134. The maximum absolute atomic E-state index is 9.28. The fourth-order valence-corrected chi connectivity index (χ4v) is 3.01. The Balaban J connectivity index is 1.86. The third-order valence-corrected chi connectivity index (χ3v) is 4.13. The van der Waals surface area contributed by atoms with Crippen LogP contribution in [0, 0.1) is 0 Å². The summed E-state index contributed by atoms with van der Waals surface area (Å²) in [6.45, 7) is 0.638. The number of hydrogen-bond donors (Lipinski definition) is 1. The van der Waals surface area contributed by atoms with Crippen molar-refractivity contribution in [3.05, 3.63) is 42.4 Å². The molecule has 0 spiro atoms. The van der Waals surface area contributed by atoms with E-state index in [9.17, 15) is 5.11 Å². The lowest BCUT2D eigenvalue weighted by Gasteiger charge is -2.23. The molecule has 6 heteroatoms. The molecule has 2 aromatic heterocycles. The highest BCUT2D eigenvalue weighted by atomic mass is 16.5. The van der Waals surface area contributed by atoms with Gasteiger partial charge in [0.1, 0.15) is 11.4 Å². The summed E-state index contributed by atoms with van der Waals surface area (Å²) in [4.78, 5) is 8.60. The molecule has 0 amide bonds. The first-order chi connectivity index (χ1) is 11.4. The van der Waals surface area contributed by atoms with Crippen molar-refractivity contribution in [2.75, 3.05) is 6.61 Å². The fourth-order valence-electron chi connectivity index (χ4n) is 3.01. The van der Waals surface area contributed by atoms with Crippen LogP contribution in [-0.2, 0) is 11.3 Å². The molecule has 1 atom stereocenters. The normalized spacial score (nSPS) is 18.4. The van der Waals surface area contributed by atoms with Gasteiger partial charge in [-0.15, -0.1) is 0 Å². The molecule has 1 saturated heterocycles. The van der Waals surface area contributed by atoms with E-state index in [0.29, 0.717) is 11.4 Å². The Hall–Kier alpha value is -2.31. The lowest BCUT2D eigenvalue weighted by molar-refractivity contribution is -0.0365. The molecular formula is C17H18N4O2. The highest BCUT2D eigenvalue weighted by molar-refractivity contribution is 5.92. The second-order valence-corrected chi connectivity index (χ2v) is 5.69. The predicted molar refractivity (Wildman–Crippen MR) is 85.5 cm³/mol. The highest BCUT2D eigenvalue weighted by Gasteiger charge is 2.21. The van der Waals surface area contributed by atoms with E-state index in [1.807, 2.05) is 28.9 Å². The summed E-state index contributed by atoms with van der Waals surface area (Å²) in [7, 11) is 0. The number of aliphatic hydroxyl groups is 1. The molecule has 0 bridgehead atoms. The van der Waals surface area contributed by atoms with E-state index in [0.717, 1.165) is 42.5 Å². The van der Waals surface area contributed by atoms with Crippen molar-refractivity contribution in [3.8, 4) is 11.4 Å². The number of aliphatic hydroxyl groups excluding tert-OH is 1. The van der Waals surface area contributed by atoms with E-state index in [-0.39, 0.29) is 12.8 Å². The first kappa shape index (κ1) is 14.3. The van der Waals surface area contributed by atoms with Crippen LogP contribution in [0.3, 0.4) is 0 Å². The average molecular weight is 310 g/mol. The van der Waals surface area contributed by atoms with E-state index in [2.05, 4.69) is 9.97 Å². The maximum Gasteiger partial charge on any atom is 0.150 e. The van der Waals surface area contributed by atoms with Crippen molar-refractivity contribution >= 4 is 10.9 Å². The van der Waals surface area contributed by atoms with Gasteiger partial charge in [0, 0.05) is 12.0 Å². The predicted octanol–water partition coefficient (Wildman–Crippen LogP) is 2.68. The van der Waals surface area contributed by atoms with Gasteiger partial charge in [-0.25, -0.2) is 9.67 Å². The van der Waals surface area contributed by atoms with Crippen LogP contribution in [0.25, 0.3) is 22.3 Å². The largest absolute Gasteiger partial charge is 0.390 e. The van der Waals surface area contributed by atoms with Crippen LogP contribution in [0.4, 0.5) is 0 Å². The summed E-state index contributed by atoms with van der Waals surface area (Å²) in [6.07, 6.45) is 6.43. The summed E-state index contributed by atoms with van der Waals surface area (Å²) in [6, 6.07) is 8.07. The first-order valence-corrected chi connectivity index (χ1v) is 7.88. The van der Waals surface area contributed by atoms with E-state index in [1.54, 1.807) is 12.4 Å². The Morgan fingerprint density at radius 3 is 2.96 bits per heavy atom. The fraction of sp³-hybridized carbons (Fsp3) is 0.353. The summed E-state index contributed by atoms with van der Waals surface area (Å²) < 4.78 is 7.85. The monoisotopic (exact) mass is 310 g/mol. The lowest BCUT2D eigenvalue weighted by atomic mass is 10.1. The van der Waals surface area contributed by atoms with Crippen LogP contribution in [0.2, 0.25) is 0 Å². The number of benzene rings is 1. The standard InChI is InChI=1S/C17H18N4O2/c22-11-12-9-18-10-14(19-12)17-13-5-1-2-6-15(13)21(20-17)16-7-3-4-8-23-16/h1-2,5-6,9-10,16,22H,3-4,7-8,11H2. The molecule has 6 nitrogen and oxygen atoms in total. The third kappa shape index (κ3) is 2.60. The van der Waals surface area contributed by atoms with Gasteiger partial charge in [-0.2, -0.15) is 5.10 Å². The molecule has 3 aromatic rings. The lowest BCUT2D eigenvalue weighted by Crippen LogP contribution is -2.19. The SMILES string of the molecule is OCc1cncc(-c2nn(C3CCCCO3)c3ccccc23)n1. The van der Waals surface area contributed by atoms with E-state index >= 15 is 0 Å². The van der Waals surface area contributed by atoms with E-state index in [1.165, 1.54) is 0 Å². The highest BCUT2D eigenvalue weighted by Crippen LogP contribution is 2.31. The van der Waals surface area contributed by atoms with Gasteiger partial charge in [-0.1, -0.05) is 18.2 Å². The van der Waals surface area contributed by atoms with Gasteiger partial charge in [0.2, 0.25) is 0 Å². The molecule has 0 radical (unpaired) electrons. The molecule has 1 aromatic carbocycles. The van der Waals surface area contributed by atoms with Crippen molar-refractivity contribution < 1.29 is 9.84 Å². The van der Waals surface area contributed by atoms with Crippen molar-refractivity contribution in [2.45, 2.75) is 32.1 Å². The van der Waals surface area contributed by atoms with Gasteiger partial charge in [0.15, 0.2) is 6.23 Å². The quantitative estimate of drug-likeness (QED) is 0.805. The number of para-hydroxylation sites is 1. The van der Waals surface area contributed by atoms with Gasteiger partial charge in [-0.05, 0) is 25.3 Å². The van der Waals surface area contributed by atoms with Gasteiger partial charge in [0.25, 0.3) is 0 Å². The van der Waals surface area contributed by atoms with Crippen LogP contribution in [0.5, 0.6) is 0 Å². The summed E-state index contributed by atoms with van der Waals surface area (Å²) in [5.74, 6) is 0. The summed E-state index contributed by atoms with van der Waals surface area (Å²) in [5.41, 5.74) is 3.01. The zero-order chi connectivity index (χ0) is 15.6. The molecule has 118 valence electrons. The van der Waals surface area contributed by atoms with Crippen molar-refractivity contribution in [2.24, 2.45) is 0 Å². The minimum Gasteiger partial charge on any atom is -0.390 e. The van der Waals surface area contributed by atoms with Crippen LogP contribution in [-0.4, -0.2) is 31.5 Å². The Bertz CT molecular complexity index is 824. The topological polar surface area (TPSA) is 73.1 Å². The van der Waals surface area contributed by atoms with E-state index in [4.69, 9.17) is 9.84 Å². The van der Waals surface area contributed by atoms with Crippen LogP contribution >= 0.6 is 0 Å². The average Bonchev–Trinajstić information content (AvgIpc) is 3.02. The minimum absolute atomic E-state index is 0.0311. The van der Waals surface area contributed by atoms with Gasteiger partial charge < -0.3 is 9.84 Å². The molecule has 1 aliphatic heterocycles. The second kappa shape index (κ2) is 6.06. The van der Waals surface area contributed by atoms with Crippen molar-refractivity contribution in [1.82, 2.24) is 19.7 Å². The van der Waals surface area contributed by atoms with E-state index < -0.39 is 0 Å². The van der Waals surface area contributed by atoms with Crippen LogP contribution < -0.4 is 0 Å². The Morgan fingerprint density at radius 1 is 1.22 bits per heavy atom. The molecule has 0 aliphatic carbocycles. The molecule has 1 aliphatic rings. The van der Waals surface area contributed by atoms with Crippen molar-refractivity contribution in [1.29, 1.82) is 0 Å². The van der Waals surface area contributed by atoms with Crippen LogP contribution in [0.1, 0.15) is 31.2 Å². The van der Waals surface area contributed by atoms with Crippen LogP contribution in [0.15, 0.2) is 36.7 Å². The first-order valence-electron chi connectivity index (χ1n) is 7.88. The van der Waals surface area contributed by atoms with Crippen molar-refractivity contribution in [3.63, 3.8) is 0 Å². The number of ether oxygens (including phenoxy) is 1. The Labute approximate surface area is 133 Å².